The average Bonchev–Trinajstić information content (AvgIpc) is 2.76. The van der Waals surface area contributed by atoms with Crippen LogP contribution in [0.15, 0.2) is 6.07 Å². The number of aromatic amines is 1. The van der Waals surface area contributed by atoms with Crippen LogP contribution in [0.4, 0.5) is 0 Å². The van der Waals surface area contributed by atoms with Crippen LogP contribution in [-0.4, -0.2) is 10.8 Å². The van der Waals surface area contributed by atoms with E-state index in [0.717, 1.165) is 11.3 Å². The van der Waals surface area contributed by atoms with E-state index in [9.17, 15) is 4.79 Å². The largest absolute Gasteiger partial charge is 0.362 e. The summed E-state index contributed by atoms with van der Waals surface area (Å²) < 4.78 is 0. The van der Waals surface area contributed by atoms with Gasteiger partial charge in [-0.2, -0.15) is 0 Å². The van der Waals surface area contributed by atoms with Gasteiger partial charge in [-0.3, -0.25) is 4.79 Å². The van der Waals surface area contributed by atoms with Gasteiger partial charge in [0.05, 0.1) is 0 Å². The van der Waals surface area contributed by atoms with Gasteiger partial charge in [0.1, 0.15) is 5.78 Å². The van der Waals surface area contributed by atoms with Crippen molar-refractivity contribution in [2.75, 3.05) is 0 Å². The molecule has 0 saturated heterocycles. The first-order chi connectivity index (χ1) is 9.27. The zero-order valence-electron chi connectivity index (χ0n) is 14.3. The first-order valence-corrected chi connectivity index (χ1v) is 7.95. The normalized spacial score (nSPS) is 17.6. The molecule has 0 spiro atoms. The zero-order valence-corrected chi connectivity index (χ0v) is 14.3. The highest BCUT2D eigenvalue weighted by Gasteiger charge is 2.38. The predicted octanol–water partition coefficient (Wildman–Crippen LogP) is 4.80. The summed E-state index contributed by atoms with van der Waals surface area (Å²) in [5, 5.41) is 0. The van der Waals surface area contributed by atoms with E-state index in [-0.39, 0.29) is 11.2 Å². The zero-order chi connectivity index (χ0) is 15.5. The Kier molecular flexibility index (Phi) is 5.61. The average molecular weight is 277 g/mol. The third kappa shape index (κ3) is 3.16. The second-order valence-corrected chi connectivity index (χ2v) is 6.61. The predicted molar refractivity (Wildman–Crippen MR) is 86.2 cm³/mol. The monoisotopic (exact) mass is 277 g/mol. The molecule has 20 heavy (non-hydrogen) atoms. The molecule has 1 aromatic rings. The fraction of sp³-hybridized carbons (Fsp3) is 0.722. The van der Waals surface area contributed by atoms with Crippen LogP contribution < -0.4 is 0 Å². The fourth-order valence-corrected chi connectivity index (χ4v) is 3.21. The van der Waals surface area contributed by atoms with Crippen LogP contribution in [-0.2, 0) is 16.6 Å². The number of aryl methyl sites for hydroxylation is 1. The Morgan fingerprint density at radius 1 is 1.25 bits per heavy atom. The molecule has 2 atom stereocenters. The third-order valence-corrected chi connectivity index (χ3v) is 5.41. The number of rotatable bonds is 7. The van der Waals surface area contributed by atoms with Crippen molar-refractivity contribution in [1.29, 1.82) is 0 Å². The Labute approximate surface area is 124 Å². The summed E-state index contributed by atoms with van der Waals surface area (Å²) in [5.74, 6) is 1.45. The number of hydrogen-bond donors (Lipinski definition) is 1. The minimum Gasteiger partial charge on any atom is -0.362 e. The van der Waals surface area contributed by atoms with Crippen molar-refractivity contribution in [3.05, 3.63) is 23.0 Å². The van der Waals surface area contributed by atoms with Gasteiger partial charge in [-0.1, -0.05) is 47.5 Å². The molecule has 2 nitrogen and oxygen atoms in total. The van der Waals surface area contributed by atoms with Gasteiger partial charge in [-0.05, 0) is 37.3 Å². The molecule has 0 aliphatic rings. The Bertz CT molecular complexity index is 448. The van der Waals surface area contributed by atoms with Gasteiger partial charge in [0, 0.05) is 23.2 Å². The first kappa shape index (κ1) is 17.0. The van der Waals surface area contributed by atoms with Crippen molar-refractivity contribution < 1.29 is 4.79 Å². The molecular weight excluding hydrogens is 246 g/mol. The van der Waals surface area contributed by atoms with E-state index in [1.165, 1.54) is 18.5 Å². The lowest BCUT2D eigenvalue weighted by atomic mass is 9.65. The van der Waals surface area contributed by atoms with E-state index < -0.39 is 0 Å². The second kappa shape index (κ2) is 6.60. The van der Waals surface area contributed by atoms with Crippen molar-refractivity contribution in [2.24, 2.45) is 11.8 Å². The number of carbonyl (C=O) groups is 1. The van der Waals surface area contributed by atoms with Crippen LogP contribution in [0.5, 0.6) is 0 Å². The van der Waals surface area contributed by atoms with Gasteiger partial charge >= 0.3 is 0 Å². The van der Waals surface area contributed by atoms with Gasteiger partial charge in [0.25, 0.3) is 0 Å². The second-order valence-electron chi connectivity index (χ2n) is 6.61. The van der Waals surface area contributed by atoms with Crippen molar-refractivity contribution in [3.8, 4) is 0 Å². The summed E-state index contributed by atoms with van der Waals surface area (Å²) in [6.07, 6.45) is 2.88. The minimum absolute atomic E-state index is 0.142. The number of hydrogen-bond acceptors (Lipinski definition) is 1. The van der Waals surface area contributed by atoms with E-state index in [0.29, 0.717) is 18.3 Å². The van der Waals surface area contributed by atoms with Gasteiger partial charge < -0.3 is 4.98 Å². The molecule has 0 aliphatic carbocycles. The lowest BCUT2D eigenvalue weighted by Crippen LogP contribution is -2.37. The molecule has 1 heterocycles. The highest BCUT2D eigenvalue weighted by molar-refractivity contribution is 5.78. The number of aromatic nitrogens is 1. The Hall–Kier alpha value is -1.05. The SMILES string of the molecule is CCC(C)C(C)(c1cc(CC(C)=O)c(C)[nH]1)C(C)CC. The van der Waals surface area contributed by atoms with Crippen molar-refractivity contribution in [3.63, 3.8) is 0 Å². The first-order valence-electron chi connectivity index (χ1n) is 7.95. The molecule has 0 saturated carbocycles. The van der Waals surface area contributed by atoms with Gasteiger partial charge in [0.2, 0.25) is 0 Å². The van der Waals surface area contributed by atoms with Crippen LogP contribution in [0.25, 0.3) is 0 Å². The summed E-state index contributed by atoms with van der Waals surface area (Å²) in [6.45, 7) is 15.3. The number of H-pyrrole nitrogens is 1. The highest BCUT2D eigenvalue weighted by Crippen LogP contribution is 2.42. The standard InChI is InChI=1S/C18H31NO/c1-8-12(3)18(7,13(4)9-2)17-11-16(10-14(5)20)15(6)19-17/h11-13,19H,8-10H2,1-7H3. The molecule has 1 N–H and O–H groups in total. The molecule has 1 aromatic heterocycles. The number of nitrogens with one attached hydrogen (secondary N) is 1. The van der Waals surface area contributed by atoms with Crippen LogP contribution >= 0.6 is 0 Å². The quantitative estimate of drug-likeness (QED) is 0.762. The van der Waals surface area contributed by atoms with E-state index in [1.807, 2.05) is 0 Å². The van der Waals surface area contributed by atoms with Crippen molar-refractivity contribution >= 4 is 5.78 Å². The molecule has 1 rings (SSSR count). The maximum Gasteiger partial charge on any atom is 0.134 e. The summed E-state index contributed by atoms with van der Waals surface area (Å²) in [7, 11) is 0. The minimum atomic E-state index is 0.142. The summed E-state index contributed by atoms with van der Waals surface area (Å²) in [4.78, 5) is 15.0. The number of ketones is 1. The molecular formula is C18H31NO. The summed E-state index contributed by atoms with van der Waals surface area (Å²) in [6, 6.07) is 2.23. The van der Waals surface area contributed by atoms with E-state index >= 15 is 0 Å². The van der Waals surface area contributed by atoms with E-state index in [2.05, 4.69) is 52.6 Å². The molecule has 114 valence electrons. The molecule has 0 bridgehead atoms. The Balaban J connectivity index is 3.25. The molecule has 2 heteroatoms. The van der Waals surface area contributed by atoms with Crippen LogP contribution in [0, 0.1) is 18.8 Å². The summed E-state index contributed by atoms with van der Waals surface area (Å²) >= 11 is 0. The van der Waals surface area contributed by atoms with E-state index in [4.69, 9.17) is 0 Å². The van der Waals surface area contributed by atoms with Crippen LogP contribution in [0.3, 0.4) is 0 Å². The number of carbonyl (C=O) groups excluding carboxylic acids is 1. The lowest BCUT2D eigenvalue weighted by Gasteiger charge is -2.40. The topological polar surface area (TPSA) is 32.9 Å². The Morgan fingerprint density at radius 2 is 1.75 bits per heavy atom. The van der Waals surface area contributed by atoms with E-state index in [1.54, 1.807) is 6.92 Å². The van der Waals surface area contributed by atoms with Crippen molar-refractivity contribution in [2.45, 2.75) is 73.1 Å². The fourth-order valence-electron chi connectivity index (χ4n) is 3.21. The molecule has 0 radical (unpaired) electrons. The Morgan fingerprint density at radius 3 is 2.15 bits per heavy atom. The van der Waals surface area contributed by atoms with Crippen molar-refractivity contribution in [1.82, 2.24) is 4.98 Å². The molecule has 0 aliphatic heterocycles. The van der Waals surface area contributed by atoms with Gasteiger partial charge in [-0.15, -0.1) is 0 Å². The molecule has 0 fully saturated rings. The number of Topliss-reactive ketones (excluding diaryl/α,β-unsaturated/α-hetero) is 1. The molecule has 2 unspecified atom stereocenters. The lowest BCUT2D eigenvalue weighted by molar-refractivity contribution is -0.116. The van der Waals surface area contributed by atoms with Gasteiger partial charge in [-0.25, -0.2) is 0 Å². The molecule has 0 amide bonds. The highest BCUT2D eigenvalue weighted by atomic mass is 16.1. The molecule has 0 aromatic carbocycles. The third-order valence-electron chi connectivity index (χ3n) is 5.41. The smallest absolute Gasteiger partial charge is 0.134 e. The summed E-state index contributed by atoms with van der Waals surface area (Å²) in [5.41, 5.74) is 3.75. The maximum absolute atomic E-state index is 11.4. The maximum atomic E-state index is 11.4. The van der Waals surface area contributed by atoms with Crippen LogP contribution in [0.2, 0.25) is 0 Å². The van der Waals surface area contributed by atoms with Crippen LogP contribution in [0.1, 0.15) is 71.3 Å². The van der Waals surface area contributed by atoms with Gasteiger partial charge in [0.15, 0.2) is 0 Å².